The molecular weight excluding hydrogens is 358 g/mol. The van der Waals surface area contributed by atoms with E-state index in [0.29, 0.717) is 22.2 Å². The molecule has 0 atom stereocenters. The summed E-state index contributed by atoms with van der Waals surface area (Å²) in [6.45, 7) is 0. The molecule has 0 spiro atoms. The largest absolute Gasteiger partial charge is 0.520 e. The van der Waals surface area contributed by atoms with Gasteiger partial charge in [0.2, 0.25) is 5.88 Å². The summed E-state index contributed by atoms with van der Waals surface area (Å²) in [5.74, 6) is 0.188. The number of carboxylic acid groups (broad SMARTS) is 1. The first kappa shape index (κ1) is 17.4. The van der Waals surface area contributed by atoms with Crippen molar-refractivity contribution in [3.05, 3.63) is 84.9 Å². The Morgan fingerprint density at radius 1 is 0.750 bits per heavy atom. The van der Waals surface area contributed by atoms with E-state index >= 15 is 0 Å². The van der Waals surface area contributed by atoms with E-state index in [2.05, 4.69) is 0 Å². The third-order valence-corrected chi connectivity index (χ3v) is 4.21. The summed E-state index contributed by atoms with van der Waals surface area (Å²) in [5.41, 5.74) is 1.64. The molecular formula is C22H15NO5. The monoisotopic (exact) mass is 373 g/mol. The number of hydrogen-bond donors (Lipinski definition) is 1. The average molecular weight is 373 g/mol. The molecule has 0 aliphatic rings. The summed E-state index contributed by atoms with van der Waals surface area (Å²) in [6, 6.07) is 24.5. The number of carbonyl (C=O) groups is 2. The van der Waals surface area contributed by atoms with Crippen LogP contribution in [-0.4, -0.2) is 21.9 Å². The second kappa shape index (κ2) is 7.28. The Hall–Kier alpha value is -4.06. The number of fused-ring (bicyclic) bond motifs is 1. The van der Waals surface area contributed by atoms with Crippen LogP contribution in [0.3, 0.4) is 0 Å². The molecule has 4 aromatic rings. The van der Waals surface area contributed by atoms with Gasteiger partial charge in [-0.05, 0) is 23.8 Å². The summed E-state index contributed by atoms with van der Waals surface area (Å²) < 4.78 is 11.5. The van der Waals surface area contributed by atoms with E-state index in [1.54, 1.807) is 54.6 Å². The fourth-order valence-electron chi connectivity index (χ4n) is 3.07. The normalized spacial score (nSPS) is 10.6. The molecule has 0 aliphatic carbocycles. The van der Waals surface area contributed by atoms with Crippen LogP contribution in [0.2, 0.25) is 0 Å². The van der Waals surface area contributed by atoms with Crippen molar-refractivity contribution in [1.82, 2.24) is 4.57 Å². The molecule has 4 rings (SSSR count). The smallest absolute Gasteiger partial charge is 0.464 e. The Morgan fingerprint density at radius 2 is 1.36 bits per heavy atom. The van der Waals surface area contributed by atoms with Gasteiger partial charge in [0.25, 0.3) is 0 Å². The molecule has 0 saturated carbocycles. The summed E-state index contributed by atoms with van der Waals surface area (Å²) >= 11 is 0. The van der Waals surface area contributed by atoms with Crippen LogP contribution in [0, 0.1) is 0 Å². The highest BCUT2D eigenvalue weighted by Gasteiger charge is 2.26. The molecule has 0 unspecified atom stereocenters. The summed E-state index contributed by atoms with van der Waals surface area (Å²) in [5, 5.41) is 10.4. The predicted octanol–water partition coefficient (Wildman–Crippen LogP) is 5.41. The van der Waals surface area contributed by atoms with Crippen LogP contribution in [0.1, 0.15) is 0 Å². The van der Waals surface area contributed by atoms with Gasteiger partial charge in [-0.15, -0.1) is 0 Å². The minimum Gasteiger partial charge on any atom is -0.464 e. The SMILES string of the molecule is O=C(Oc1ccccc1)Oc1c(-c2ccccc2)c2ccccc2n1C(=O)O. The first-order valence-corrected chi connectivity index (χ1v) is 8.52. The topological polar surface area (TPSA) is 77.8 Å². The summed E-state index contributed by atoms with van der Waals surface area (Å²) in [4.78, 5) is 24.3. The van der Waals surface area contributed by atoms with E-state index in [4.69, 9.17) is 9.47 Å². The average Bonchev–Trinajstić information content (AvgIpc) is 3.03. The van der Waals surface area contributed by atoms with Crippen molar-refractivity contribution in [3.63, 3.8) is 0 Å². The maximum absolute atomic E-state index is 12.4. The third-order valence-electron chi connectivity index (χ3n) is 4.21. The van der Waals surface area contributed by atoms with Crippen LogP contribution in [0.5, 0.6) is 11.6 Å². The lowest BCUT2D eigenvalue weighted by atomic mass is 10.0. The van der Waals surface area contributed by atoms with Crippen molar-refractivity contribution >= 4 is 23.2 Å². The van der Waals surface area contributed by atoms with E-state index < -0.39 is 12.2 Å². The van der Waals surface area contributed by atoms with Gasteiger partial charge >= 0.3 is 12.2 Å². The van der Waals surface area contributed by atoms with Crippen molar-refractivity contribution in [1.29, 1.82) is 0 Å². The van der Waals surface area contributed by atoms with Gasteiger partial charge in [0.1, 0.15) is 5.75 Å². The molecule has 1 N–H and O–H groups in total. The second-order valence-corrected chi connectivity index (χ2v) is 5.95. The minimum atomic E-state index is -1.26. The number of ether oxygens (including phenoxy) is 2. The van der Waals surface area contributed by atoms with Gasteiger partial charge < -0.3 is 14.6 Å². The molecule has 6 nitrogen and oxygen atoms in total. The Bertz CT molecular complexity index is 1150. The minimum absolute atomic E-state index is 0.110. The lowest BCUT2D eigenvalue weighted by Crippen LogP contribution is -2.18. The molecule has 0 saturated heterocycles. The van der Waals surface area contributed by atoms with E-state index in [-0.39, 0.29) is 5.88 Å². The standard InChI is InChI=1S/C22H15NO5/c24-21(25)23-18-14-8-7-13-17(18)19(15-9-3-1-4-10-15)20(23)28-22(26)27-16-11-5-2-6-12-16/h1-14H,(H,24,25). The fourth-order valence-corrected chi connectivity index (χ4v) is 3.07. The number of carbonyl (C=O) groups excluding carboxylic acids is 1. The van der Waals surface area contributed by atoms with Crippen LogP contribution < -0.4 is 9.47 Å². The highest BCUT2D eigenvalue weighted by atomic mass is 16.7. The Labute approximate surface area is 160 Å². The van der Waals surface area contributed by atoms with Crippen LogP contribution in [0.25, 0.3) is 22.0 Å². The molecule has 6 heteroatoms. The fraction of sp³-hybridized carbons (Fsp3) is 0. The van der Waals surface area contributed by atoms with Crippen molar-refractivity contribution < 1.29 is 24.2 Å². The lowest BCUT2D eigenvalue weighted by molar-refractivity contribution is 0.147. The molecule has 0 radical (unpaired) electrons. The van der Waals surface area contributed by atoms with E-state index in [9.17, 15) is 14.7 Å². The Kier molecular flexibility index (Phi) is 4.51. The Balaban J connectivity index is 1.85. The zero-order valence-electron chi connectivity index (χ0n) is 14.6. The van der Waals surface area contributed by atoms with Crippen LogP contribution in [-0.2, 0) is 0 Å². The van der Waals surface area contributed by atoms with Crippen molar-refractivity contribution in [2.24, 2.45) is 0 Å². The highest BCUT2D eigenvalue weighted by molar-refractivity contribution is 6.04. The molecule has 0 fully saturated rings. The molecule has 138 valence electrons. The number of hydrogen-bond acceptors (Lipinski definition) is 4. The maximum atomic E-state index is 12.4. The van der Waals surface area contributed by atoms with Gasteiger partial charge in [-0.2, -0.15) is 0 Å². The van der Waals surface area contributed by atoms with Crippen LogP contribution >= 0.6 is 0 Å². The van der Waals surface area contributed by atoms with Gasteiger partial charge in [-0.25, -0.2) is 14.2 Å². The number of nitrogens with zero attached hydrogens (tertiary/aromatic N) is 1. The maximum Gasteiger partial charge on any atom is 0.520 e. The van der Waals surface area contributed by atoms with Gasteiger partial charge in [-0.3, -0.25) is 0 Å². The zero-order valence-corrected chi connectivity index (χ0v) is 14.6. The van der Waals surface area contributed by atoms with Gasteiger partial charge in [0, 0.05) is 5.39 Å². The number of benzene rings is 3. The lowest BCUT2D eigenvalue weighted by Gasteiger charge is -2.09. The van der Waals surface area contributed by atoms with Crippen LogP contribution in [0.4, 0.5) is 9.59 Å². The molecule has 0 bridgehead atoms. The number of aromatic nitrogens is 1. The summed E-state index contributed by atoms with van der Waals surface area (Å²) in [7, 11) is 0. The molecule has 0 amide bonds. The van der Waals surface area contributed by atoms with Gasteiger partial charge in [0.15, 0.2) is 0 Å². The van der Waals surface area contributed by atoms with Gasteiger partial charge in [-0.1, -0.05) is 66.7 Å². The third kappa shape index (κ3) is 3.19. The number of rotatable bonds is 3. The molecule has 1 heterocycles. The number of para-hydroxylation sites is 2. The first-order valence-electron chi connectivity index (χ1n) is 8.52. The quantitative estimate of drug-likeness (QED) is 0.384. The van der Waals surface area contributed by atoms with E-state index in [1.165, 1.54) is 0 Å². The van der Waals surface area contributed by atoms with E-state index in [0.717, 1.165) is 10.1 Å². The van der Waals surface area contributed by atoms with Crippen molar-refractivity contribution in [2.75, 3.05) is 0 Å². The summed E-state index contributed by atoms with van der Waals surface area (Å²) in [6.07, 6.45) is -2.28. The van der Waals surface area contributed by atoms with Crippen molar-refractivity contribution in [2.45, 2.75) is 0 Å². The van der Waals surface area contributed by atoms with Crippen molar-refractivity contribution in [3.8, 4) is 22.8 Å². The predicted molar refractivity (Wildman–Crippen MR) is 104 cm³/mol. The first-order chi connectivity index (χ1) is 13.6. The van der Waals surface area contributed by atoms with Crippen LogP contribution in [0.15, 0.2) is 84.9 Å². The molecule has 3 aromatic carbocycles. The molecule has 0 aliphatic heterocycles. The molecule has 1 aromatic heterocycles. The molecule has 28 heavy (non-hydrogen) atoms. The zero-order chi connectivity index (χ0) is 19.5. The highest BCUT2D eigenvalue weighted by Crippen LogP contribution is 2.40. The van der Waals surface area contributed by atoms with Gasteiger partial charge in [0.05, 0.1) is 11.1 Å². The van der Waals surface area contributed by atoms with E-state index in [1.807, 2.05) is 30.3 Å². The Morgan fingerprint density at radius 3 is 2.04 bits per heavy atom. The second-order valence-electron chi connectivity index (χ2n) is 5.95.